The summed E-state index contributed by atoms with van der Waals surface area (Å²) in [6.45, 7) is 2.33. The van der Waals surface area contributed by atoms with Gasteiger partial charge in [0, 0.05) is 11.8 Å². The third-order valence-corrected chi connectivity index (χ3v) is 2.86. The van der Waals surface area contributed by atoms with Gasteiger partial charge in [-0.05, 0) is 24.6 Å². The van der Waals surface area contributed by atoms with E-state index >= 15 is 0 Å². The number of aryl methyl sites for hydroxylation is 1. The Kier molecular flexibility index (Phi) is 3.46. The van der Waals surface area contributed by atoms with Crippen LogP contribution in [0.2, 0.25) is 0 Å². The highest BCUT2D eigenvalue weighted by Crippen LogP contribution is 2.13. The van der Waals surface area contributed by atoms with Crippen LogP contribution in [0.15, 0.2) is 47.5 Å². The smallest absolute Gasteiger partial charge is 0.277 e. The molecule has 0 saturated carbocycles. The van der Waals surface area contributed by atoms with Crippen LogP contribution in [0.1, 0.15) is 21.8 Å². The van der Waals surface area contributed by atoms with Gasteiger partial charge in [0.2, 0.25) is 0 Å². The number of carbonyl (C=O) groups excluding carboxylic acids is 1. The van der Waals surface area contributed by atoms with Gasteiger partial charge in [0.15, 0.2) is 5.69 Å². The van der Waals surface area contributed by atoms with Crippen LogP contribution in [0, 0.1) is 6.92 Å². The Labute approximate surface area is 120 Å². The lowest BCUT2D eigenvalue weighted by atomic mass is 10.2. The number of carbonyl (C=O) groups is 1. The van der Waals surface area contributed by atoms with Gasteiger partial charge in [0.05, 0.1) is 6.54 Å². The van der Waals surface area contributed by atoms with Crippen molar-refractivity contribution < 1.29 is 9.32 Å². The molecule has 7 heteroatoms. The number of hydrogen-bond acceptors (Lipinski definition) is 5. The van der Waals surface area contributed by atoms with E-state index in [0.717, 1.165) is 5.56 Å². The molecule has 0 radical (unpaired) electrons. The Hall–Kier alpha value is -2.96. The molecular weight excluding hydrogens is 270 g/mol. The molecule has 0 unspecified atom stereocenters. The fraction of sp³-hybridized carbons (Fsp3) is 0.143. The van der Waals surface area contributed by atoms with Crippen molar-refractivity contribution in [3.05, 3.63) is 60.0 Å². The van der Waals surface area contributed by atoms with E-state index in [-0.39, 0.29) is 11.6 Å². The second kappa shape index (κ2) is 5.58. The van der Waals surface area contributed by atoms with Gasteiger partial charge in [0.1, 0.15) is 18.4 Å². The maximum Gasteiger partial charge on any atom is 0.277 e. The zero-order chi connectivity index (χ0) is 14.7. The number of benzene rings is 1. The molecule has 0 aliphatic heterocycles. The fourth-order valence-electron chi connectivity index (χ4n) is 1.92. The normalized spacial score (nSPS) is 10.5. The predicted molar refractivity (Wildman–Crippen MR) is 74.8 cm³/mol. The lowest BCUT2D eigenvalue weighted by molar-refractivity contribution is 0.101. The van der Waals surface area contributed by atoms with Crippen molar-refractivity contribution in [1.82, 2.24) is 19.9 Å². The quantitative estimate of drug-likeness (QED) is 0.790. The van der Waals surface area contributed by atoms with Gasteiger partial charge in [-0.3, -0.25) is 4.79 Å². The van der Waals surface area contributed by atoms with E-state index in [0.29, 0.717) is 18.0 Å². The lowest BCUT2D eigenvalue weighted by Gasteiger charge is -2.06. The number of anilines is 1. The van der Waals surface area contributed by atoms with Gasteiger partial charge in [-0.25, -0.2) is 9.67 Å². The minimum absolute atomic E-state index is 0.258. The minimum Gasteiger partial charge on any atom is -0.361 e. The molecule has 2 aromatic heterocycles. The third-order valence-electron chi connectivity index (χ3n) is 2.86. The van der Waals surface area contributed by atoms with Gasteiger partial charge in [-0.15, -0.1) is 0 Å². The van der Waals surface area contributed by atoms with E-state index in [1.807, 2.05) is 24.3 Å². The van der Waals surface area contributed by atoms with Crippen LogP contribution in [0.3, 0.4) is 0 Å². The maximum absolute atomic E-state index is 12.0. The Bertz CT molecular complexity index is 748. The van der Waals surface area contributed by atoms with Crippen molar-refractivity contribution in [3.8, 4) is 0 Å². The Morgan fingerprint density at radius 1 is 1.38 bits per heavy atom. The van der Waals surface area contributed by atoms with Crippen LogP contribution < -0.4 is 5.32 Å². The fourth-order valence-corrected chi connectivity index (χ4v) is 1.92. The van der Waals surface area contributed by atoms with E-state index in [2.05, 4.69) is 20.6 Å². The zero-order valence-electron chi connectivity index (χ0n) is 11.4. The van der Waals surface area contributed by atoms with E-state index in [1.54, 1.807) is 24.0 Å². The summed E-state index contributed by atoms with van der Waals surface area (Å²) in [6, 6.07) is 9.12. The highest BCUT2D eigenvalue weighted by atomic mass is 16.5. The Balaban J connectivity index is 1.72. The second-order valence-corrected chi connectivity index (χ2v) is 4.57. The average Bonchev–Trinajstić information content (AvgIpc) is 3.11. The van der Waals surface area contributed by atoms with Crippen molar-refractivity contribution in [2.45, 2.75) is 13.5 Å². The van der Waals surface area contributed by atoms with Crippen molar-refractivity contribution in [1.29, 1.82) is 0 Å². The Morgan fingerprint density at radius 3 is 3.00 bits per heavy atom. The van der Waals surface area contributed by atoms with Gasteiger partial charge >= 0.3 is 0 Å². The van der Waals surface area contributed by atoms with Crippen LogP contribution in [-0.4, -0.2) is 25.8 Å². The van der Waals surface area contributed by atoms with E-state index < -0.39 is 0 Å². The van der Waals surface area contributed by atoms with Crippen molar-refractivity contribution in [2.75, 3.05) is 5.32 Å². The number of amides is 1. The molecule has 0 bridgehead atoms. The molecule has 2 heterocycles. The van der Waals surface area contributed by atoms with E-state index in [4.69, 9.17) is 4.52 Å². The molecule has 0 aliphatic rings. The summed E-state index contributed by atoms with van der Waals surface area (Å²) >= 11 is 0. The van der Waals surface area contributed by atoms with Crippen LogP contribution >= 0.6 is 0 Å². The van der Waals surface area contributed by atoms with Gasteiger partial charge < -0.3 is 9.84 Å². The zero-order valence-corrected chi connectivity index (χ0v) is 11.4. The summed E-state index contributed by atoms with van der Waals surface area (Å²) in [6.07, 6.45) is 3.13. The number of nitrogens with one attached hydrogen (secondary N) is 1. The molecule has 3 rings (SSSR count). The molecular formula is C14H13N5O2. The highest BCUT2D eigenvalue weighted by molar-refractivity contribution is 6.02. The van der Waals surface area contributed by atoms with Gasteiger partial charge in [-0.1, -0.05) is 17.3 Å². The minimum atomic E-state index is -0.301. The van der Waals surface area contributed by atoms with Crippen molar-refractivity contribution in [3.63, 3.8) is 0 Å². The summed E-state index contributed by atoms with van der Waals surface area (Å²) in [4.78, 5) is 15.9. The molecule has 3 aromatic rings. The SMILES string of the molecule is Cc1cc(C(=O)Nc2cccc(Cn3cncn3)c2)no1. The number of aromatic nitrogens is 4. The van der Waals surface area contributed by atoms with Crippen LogP contribution in [0.25, 0.3) is 0 Å². The molecule has 1 N–H and O–H groups in total. The molecule has 0 fully saturated rings. The molecule has 106 valence electrons. The summed E-state index contributed by atoms with van der Waals surface area (Å²) in [5.41, 5.74) is 1.96. The van der Waals surface area contributed by atoms with Crippen LogP contribution in [0.5, 0.6) is 0 Å². The first-order valence-corrected chi connectivity index (χ1v) is 6.37. The van der Waals surface area contributed by atoms with Crippen LogP contribution in [-0.2, 0) is 6.54 Å². The molecule has 21 heavy (non-hydrogen) atoms. The molecule has 0 atom stereocenters. The van der Waals surface area contributed by atoms with Crippen molar-refractivity contribution in [2.24, 2.45) is 0 Å². The van der Waals surface area contributed by atoms with Gasteiger partial charge in [0.25, 0.3) is 5.91 Å². The third kappa shape index (κ3) is 3.14. The van der Waals surface area contributed by atoms with Gasteiger partial charge in [-0.2, -0.15) is 5.10 Å². The lowest BCUT2D eigenvalue weighted by Crippen LogP contribution is -2.12. The summed E-state index contributed by atoms with van der Waals surface area (Å²) < 4.78 is 6.60. The molecule has 1 amide bonds. The molecule has 7 nitrogen and oxygen atoms in total. The first kappa shape index (κ1) is 13.0. The standard InChI is InChI=1S/C14H13N5O2/c1-10-5-13(18-21-10)14(20)17-12-4-2-3-11(6-12)7-19-9-15-8-16-19/h2-6,8-9H,7H2,1H3,(H,17,20). The summed E-state index contributed by atoms with van der Waals surface area (Å²) in [7, 11) is 0. The first-order valence-electron chi connectivity index (χ1n) is 6.37. The molecule has 1 aromatic carbocycles. The summed E-state index contributed by atoms with van der Waals surface area (Å²) in [5, 5.41) is 10.5. The van der Waals surface area contributed by atoms with Crippen molar-refractivity contribution >= 4 is 11.6 Å². The number of rotatable bonds is 4. The van der Waals surface area contributed by atoms with E-state index in [1.165, 1.54) is 6.33 Å². The number of hydrogen-bond donors (Lipinski definition) is 1. The molecule has 0 aliphatic carbocycles. The van der Waals surface area contributed by atoms with Crippen LogP contribution in [0.4, 0.5) is 5.69 Å². The van der Waals surface area contributed by atoms with E-state index in [9.17, 15) is 4.79 Å². The molecule has 0 saturated heterocycles. The molecule has 0 spiro atoms. The average molecular weight is 283 g/mol. The topological polar surface area (TPSA) is 85.8 Å². The monoisotopic (exact) mass is 283 g/mol. The maximum atomic E-state index is 12.0. The Morgan fingerprint density at radius 2 is 2.29 bits per heavy atom. The summed E-state index contributed by atoms with van der Waals surface area (Å²) in [5.74, 6) is 0.296. The highest BCUT2D eigenvalue weighted by Gasteiger charge is 2.11. The first-order chi connectivity index (χ1) is 10.2. The predicted octanol–water partition coefficient (Wildman–Crippen LogP) is 1.88. The second-order valence-electron chi connectivity index (χ2n) is 4.57. The number of nitrogens with zero attached hydrogens (tertiary/aromatic N) is 4. The largest absolute Gasteiger partial charge is 0.361 e.